The molecule has 24 heavy (non-hydrogen) atoms. The van der Waals surface area contributed by atoms with Gasteiger partial charge in [0.25, 0.3) is 0 Å². The number of nitrogens with one attached hydrogen (secondary N) is 1. The van der Waals surface area contributed by atoms with Gasteiger partial charge in [-0.15, -0.1) is 0 Å². The third-order valence-corrected chi connectivity index (χ3v) is 3.34. The molecule has 1 aromatic rings. The summed E-state index contributed by atoms with van der Waals surface area (Å²) in [6, 6.07) is 4.60. The van der Waals surface area contributed by atoms with Gasteiger partial charge in [0, 0.05) is 20.5 Å². The summed E-state index contributed by atoms with van der Waals surface area (Å²) in [7, 11) is 0. The predicted octanol–water partition coefficient (Wildman–Crippen LogP) is 4.14. The van der Waals surface area contributed by atoms with Gasteiger partial charge in [-0.25, -0.2) is 4.39 Å². The summed E-state index contributed by atoms with van der Waals surface area (Å²) in [5, 5.41) is 2.82. The van der Waals surface area contributed by atoms with E-state index in [1.54, 1.807) is 6.07 Å². The Hall–Kier alpha value is -1.62. The van der Waals surface area contributed by atoms with Crippen molar-refractivity contribution in [3.8, 4) is 5.75 Å². The molecule has 0 aliphatic carbocycles. The Bertz CT molecular complexity index is 530. The molecular formula is C19H32FNO3. The molecule has 0 radical (unpaired) electrons. The standard InChI is InChI=1S/C19H30FNO3.H2/c1-14(2)16-7-6-15(20)12-17(16)24-11-10-23-9-8-21-18(22)13-19(3,4)5;/h6-7,12,14H,8-11,13H2,1-5H3,(H,21,22);1H. The van der Waals surface area contributed by atoms with Gasteiger partial charge in [0.15, 0.2) is 0 Å². The zero-order valence-electron chi connectivity index (χ0n) is 15.4. The number of benzene rings is 1. The van der Waals surface area contributed by atoms with Gasteiger partial charge in [-0.1, -0.05) is 40.7 Å². The lowest BCUT2D eigenvalue weighted by atomic mass is 9.92. The van der Waals surface area contributed by atoms with Crippen molar-refractivity contribution >= 4 is 5.91 Å². The number of hydrogen-bond acceptors (Lipinski definition) is 3. The summed E-state index contributed by atoms with van der Waals surface area (Å²) in [4.78, 5) is 11.6. The van der Waals surface area contributed by atoms with Crippen LogP contribution in [0.1, 0.15) is 53.9 Å². The van der Waals surface area contributed by atoms with Crippen LogP contribution >= 0.6 is 0 Å². The normalized spacial score (nSPS) is 11.6. The molecule has 1 amide bonds. The first-order valence-electron chi connectivity index (χ1n) is 8.46. The molecule has 1 rings (SSSR count). The van der Waals surface area contributed by atoms with Gasteiger partial charge in [-0.05, 0) is 23.0 Å². The highest BCUT2D eigenvalue weighted by atomic mass is 19.1. The maximum Gasteiger partial charge on any atom is 0.220 e. The van der Waals surface area contributed by atoms with Crippen LogP contribution < -0.4 is 10.1 Å². The van der Waals surface area contributed by atoms with Gasteiger partial charge < -0.3 is 14.8 Å². The van der Waals surface area contributed by atoms with Crippen LogP contribution in [0, 0.1) is 11.2 Å². The van der Waals surface area contributed by atoms with Crippen molar-refractivity contribution in [1.29, 1.82) is 0 Å². The fraction of sp³-hybridized carbons (Fsp3) is 0.632. The molecule has 4 nitrogen and oxygen atoms in total. The number of amides is 1. The minimum Gasteiger partial charge on any atom is -0.491 e. The second-order valence-electron chi connectivity index (χ2n) is 7.39. The van der Waals surface area contributed by atoms with Crippen LogP contribution in [0.2, 0.25) is 0 Å². The quantitative estimate of drug-likeness (QED) is 0.687. The SMILES string of the molecule is CC(C)c1ccc(F)cc1OCCOCCNC(=O)CC(C)(C)C.[HH]. The maximum atomic E-state index is 13.3. The number of rotatable bonds is 9. The van der Waals surface area contributed by atoms with Gasteiger partial charge in [0.05, 0.1) is 13.2 Å². The van der Waals surface area contributed by atoms with E-state index in [1.165, 1.54) is 12.1 Å². The first-order valence-corrected chi connectivity index (χ1v) is 8.46. The van der Waals surface area contributed by atoms with Gasteiger partial charge >= 0.3 is 0 Å². The average Bonchev–Trinajstić information content (AvgIpc) is 2.44. The van der Waals surface area contributed by atoms with Crippen molar-refractivity contribution in [1.82, 2.24) is 5.32 Å². The Balaban J connectivity index is 0.00000576. The zero-order valence-corrected chi connectivity index (χ0v) is 15.4. The topological polar surface area (TPSA) is 47.6 Å². The van der Waals surface area contributed by atoms with E-state index < -0.39 is 0 Å². The Labute approximate surface area is 146 Å². The molecule has 0 bridgehead atoms. The number of halogens is 1. The Morgan fingerprint density at radius 2 is 1.96 bits per heavy atom. The average molecular weight is 341 g/mol. The minimum atomic E-state index is -0.308. The molecule has 0 aliphatic heterocycles. The number of carbonyl (C=O) groups is 1. The molecule has 0 heterocycles. The highest BCUT2D eigenvalue weighted by molar-refractivity contribution is 5.76. The summed E-state index contributed by atoms with van der Waals surface area (Å²) in [5.74, 6) is 0.548. The van der Waals surface area contributed by atoms with Crippen molar-refractivity contribution in [2.24, 2.45) is 5.41 Å². The molecule has 0 saturated heterocycles. The van der Waals surface area contributed by atoms with Crippen LogP contribution in [-0.4, -0.2) is 32.3 Å². The molecule has 1 N–H and O–H groups in total. The molecule has 5 heteroatoms. The largest absolute Gasteiger partial charge is 0.491 e. The molecule has 0 aromatic heterocycles. The number of hydrogen-bond donors (Lipinski definition) is 1. The first-order chi connectivity index (χ1) is 11.2. The van der Waals surface area contributed by atoms with E-state index in [4.69, 9.17) is 9.47 Å². The van der Waals surface area contributed by atoms with E-state index in [-0.39, 0.29) is 24.5 Å². The summed E-state index contributed by atoms with van der Waals surface area (Å²) in [5.41, 5.74) is 0.962. The maximum absolute atomic E-state index is 13.3. The van der Waals surface area contributed by atoms with Crippen LogP contribution in [0.25, 0.3) is 0 Å². The zero-order chi connectivity index (χ0) is 18.2. The van der Waals surface area contributed by atoms with E-state index >= 15 is 0 Å². The van der Waals surface area contributed by atoms with E-state index in [2.05, 4.69) is 5.32 Å². The number of carbonyl (C=O) groups excluding carboxylic acids is 1. The fourth-order valence-electron chi connectivity index (χ4n) is 2.23. The molecule has 0 fully saturated rings. The Morgan fingerprint density at radius 1 is 1.25 bits per heavy atom. The van der Waals surface area contributed by atoms with Gasteiger partial charge in [0.1, 0.15) is 18.2 Å². The summed E-state index contributed by atoms with van der Waals surface area (Å²) >= 11 is 0. The first kappa shape index (κ1) is 20.4. The second-order valence-corrected chi connectivity index (χ2v) is 7.39. The van der Waals surface area contributed by atoms with Crippen LogP contribution in [0.5, 0.6) is 5.75 Å². The van der Waals surface area contributed by atoms with Crippen LogP contribution in [-0.2, 0) is 9.53 Å². The lowest BCUT2D eigenvalue weighted by Gasteiger charge is -2.17. The highest BCUT2D eigenvalue weighted by Crippen LogP contribution is 2.27. The second kappa shape index (κ2) is 9.62. The summed E-state index contributed by atoms with van der Waals surface area (Å²) in [6.45, 7) is 11.8. The molecule has 1 aromatic carbocycles. The van der Waals surface area contributed by atoms with Gasteiger partial charge in [-0.3, -0.25) is 4.79 Å². The Morgan fingerprint density at radius 3 is 2.58 bits per heavy atom. The smallest absolute Gasteiger partial charge is 0.220 e. The molecule has 0 unspecified atom stereocenters. The highest BCUT2D eigenvalue weighted by Gasteiger charge is 2.15. The molecule has 0 saturated carbocycles. The van der Waals surface area contributed by atoms with Crippen LogP contribution in [0.4, 0.5) is 4.39 Å². The monoisotopic (exact) mass is 341 g/mol. The lowest BCUT2D eigenvalue weighted by molar-refractivity contribution is -0.123. The van der Waals surface area contributed by atoms with E-state index in [0.29, 0.717) is 38.5 Å². The summed E-state index contributed by atoms with van der Waals surface area (Å²) in [6.07, 6.45) is 0.494. The fourth-order valence-corrected chi connectivity index (χ4v) is 2.23. The molecule has 0 atom stereocenters. The lowest BCUT2D eigenvalue weighted by Crippen LogP contribution is -2.30. The Kier molecular flexibility index (Phi) is 8.19. The van der Waals surface area contributed by atoms with Crippen LogP contribution in [0.15, 0.2) is 18.2 Å². The third kappa shape index (κ3) is 8.29. The minimum absolute atomic E-state index is 0. The summed E-state index contributed by atoms with van der Waals surface area (Å²) < 4.78 is 24.4. The van der Waals surface area contributed by atoms with Crippen molar-refractivity contribution < 1.29 is 20.1 Å². The number of ether oxygens (including phenoxy) is 2. The molecular weight excluding hydrogens is 309 g/mol. The van der Waals surface area contributed by atoms with Crippen molar-refractivity contribution in [3.63, 3.8) is 0 Å². The van der Waals surface area contributed by atoms with Gasteiger partial charge in [-0.2, -0.15) is 0 Å². The van der Waals surface area contributed by atoms with E-state index in [0.717, 1.165) is 5.56 Å². The third-order valence-electron chi connectivity index (χ3n) is 3.34. The van der Waals surface area contributed by atoms with E-state index in [1.807, 2.05) is 34.6 Å². The molecule has 138 valence electrons. The molecule has 0 spiro atoms. The van der Waals surface area contributed by atoms with Crippen molar-refractivity contribution in [2.45, 2.75) is 47.0 Å². The van der Waals surface area contributed by atoms with Gasteiger partial charge in [0.2, 0.25) is 5.91 Å². The predicted molar refractivity (Wildman–Crippen MR) is 96.0 cm³/mol. The van der Waals surface area contributed by atoms with E-state index in [9.17, 15) is 9.18 Å². The van der Waals surface area contributed by atoms with Crippen molar-refractivity contribution in [3.05, 3.63) is 29.6 Å². The van der Waals surface area contributed by atoms with Crippen molar-refractivity contribution in [2.75, 3.05) is 26.4 Å². The molecule has 0 aliphatic rings. The van der Waals surface area contributed by atoms with Crippen LogP contribution in [0.3, 0.4) is 0 Å².